The van der Waals surface area contributed by atoms with E-state index in [2.05, 4.69) is 4.90 Å². The molecule has 0 radical (unpaired) electrons. The lowest BCUT2D eigenvalue weighted by Gasteiger charge is -2.19. The van der Waals surface area contributed by atoms with Crippen LogP contribution in [0.4, 0.5) is 0 Å². The third-order valence-corrected chi connectivity index (χ3v) is 2.18. The zero-order valence-corrected chi connectivity index (χ0v) is 9.73. The van der Waals surface area contributed by atoms with Crippen LogP contribution in [0.15, 0.2) is 24.3 Å². The van der Waals surface area contributed by atoms with E-state index in [0.29, 0.717) is 6.61 Å². The Labute approximate surface area is 91.8 Å². The van der Waals surface area contributed by atoms with E-state index in [4.69, 9.17) is 10.5 Å². The predicted octanol–water partition coefficient (Wildman–Crippen LogP) is 1.65. The average molecular weight is 208 g/mol. The van der Waals surface area contributed by atoms with Gasteiger partial charge in [-0.05, 0) is 27.1 Å². The molecule has 0 saturated carbocycles. The Kier molecular flexibility index (Phi) is 4.59. The maximum Gasteiger partial charge on any atom is 0.124 e. The van der Waals surface area contributed by atoms with Crippen molar-refractivity contribution < 1.29 is 4.74 Å². The van der Waals surface area contributed by atoms with Gasteiger partial charge in [0.2, 0.25) is 0 Å². The van der Waals surface area contributed by atoms with Gasteiger partial charge in [0.15, 0.2) is 0 Å². The molecule has 1 rings (SSSR count). The molecule has 2 N–H and O–H groups in total. The SMILES string of the molecule is CCOc1ccccc1C(N)CN(C)C. The van der Waals surface area contributed by atoms with Crippen molar-refractivity contribution in [1.82, 2.24) is 4.90 Å². The van der Waals surface area contributed by atoms with Crippen LogP contribution in [0.1, 0.15) is 18.5 Å². The fourth-order valence-corrected chi connectivity index (χ4v) is 1.57. The van der Waals surface area contributed by atoms with Crippen molar-refractivity contribution in [2.24, 2.45) is 5.73 Å². The minimum Gasteiger partial charge on any atom is -0.494 e. The normalized spacial score (nSPS) is 12.9. The van der Waals surface area contributed by atoms with Crippen LogP contribution in [0.5, 0.6) is 5.75 Å². The fraction of sp³-hybridized carbons (Fsp3) is 0.500. The van der Waals surface area contributed by atoms with Crippen molar-refractivity contribution in [2.45, 2.75) is 13.0 Å². The molecule has 0 aromatic heterocycles. The van der Waals surface area contributed by atoms with E-state index < -0.39 is 0 Å². The summed E-state index contributed by atoms with van der Waals surface area (Å²) in [5, 5.41) is 0. The summed E-state index contributed by atoms with van der Waals surface area (Å²) < 4.78 is 5.54. The van der Waals surface area contributed by atoms with Gasteiger partial charge in [0.1, 0.15) is 5.75 Å². The summed E-state index contributed by atoms with van der Waals surface area (Å²) in [6, 6.07) is 7.96. The van der Waals surface area contributed by atoms with Gasteiger partial charge in [-0.3, -0.25) is 0 Å². The van der Waals surface area contributed by atoms with Crippen LogP contribution in [0, 0.1) is 0 Å². The van der Waals surface area contributed by atoms with E-state index in [9.17, 15) is 0 Å². The van der Waals surface area contributed by atoms with Crippen molar-refractivity contribution in [3.8, 4) is 5.75 Å². The number of nitrogens with two attached hydrogens (primary N) is 1. The third-order valence-electron chi connectivity index (χ3n) is 2.18. The van der Waals surface area contributed by atoms with Crippen LogP contribution in [0.2, 0.25) is 0 Å². The second-order valence-corrected chi connectivity index (χ2v) is 3.84. The summed E-state index contributed by atoms with van der Waals surface area (Å²) in [6.45, 7) is 3.48. The maximum absolute atomic E-state index is 6.11. The highest BCUT2D eigenvalue weighted by molar-refractivity contribution is 5.35. The molecule has 0 saturated heterocycles. The Bertz CT molecular complexity index is 299. The Hall–Kier alpha value is -1.06. The summed E-state index contributed by atoms with van der Waals surface area (Å²) in [5.74, 6) is 0.898. The summed E-state index contributed by atoms with van der Waals surface area (Å²) in [6.07, 6.45) is 0. The molecule has 0 fully saturated rings. The number of likely N-dealkylation sites (N-methyl/N-ethyl adjacent to an activating group) is 1. The lowest BCUT2D eigenvalue weighted by Crippen LogP contribution is -2.26. The lowest BCUT2D eigenvalue weighted by molar-refractivity contribution is 0.325. The van der Waals surface area contributed by atoms with Crippen LogP contribution < -0.4 is 10.5 Å². The minimum atomic E-state index is 0.00255. The number of para-hydroxylation sites is 1. The van der Waals surface area contributed by atoms with Gasteiger partial charge in [0, 0.05) is 18.2 Å². The summed E-state index contributed by atoms with van der Waals surface area (Å²) in [4.78, 5) is 2.08. The molecular weight excluding hydrogens is 188 g/mol. The number of benzene rings is 1. The Morgan fingerprint density at radius 3 is 2.60 bits per heavy atom. The van der Waals surface area contributed by atoms with E-state index in [1.54, 1.807) is 0 Å². The van der Waals surface area contributed by atoms with Crippen LogP contribution in [-0.2, 0) is 0 Å². The van der Waals surface area contributed by atoms with Gasteiger partial charge in [-0.25, -0.2) is 0 Å². The predicted molar refractivity (Wildman–Crippen MR) is 63.1 cm³/mol. The van der Waals surface area contributed by atoms with E-state index in [1.165, 1.54) is 0 Å². The quantitative estimate of drug-likeness (QED) is 0.799. The fourth-order valence-electron chi connectivity index (χ4n) is 1.57. The molecule has 3 heteroatoms. The number of hydrogen-bond donors (Lipinski definition) is 1. The van der Waals surface area contributed by atoms with Gasteiger partial charge in [-0.1, -0.05) is 18.2 Å². The van der Waals surface area contributed by atoms with Crippen LogP contribution in [0.3, 0.4) is 0 Å². The molecule has 3 nitrogen and oxygen atoms in total. The lowest BCUT2D eigenvalue weighted by atomic mass is 10.1. The first-order valence-electron chi connectivity index (χ1n) is 5.27. The largest absolute Gasteiger partial charge is 0.494 e. The van der Waals surface area contributed by atoms with E-state index in [-0.39, 0.29) is 6.04 Å². The van der Waals surface area contributed by atoms with E-state index in [0.717, 1.165) is 17.9 Å². The number of nitrogens with zero attached hydrogens (tertiary/aromatic N) is 1. The maximum atomic E-state index is 6.11. The Balaban J connectivity index is 2.81. The third kappa shape index (κ3) is 3.53. The topological polar surface area (TPSA) is 38.5 Å². The number of ether oxygens (including phenoxy) is 1. The molecule has 0 heterocycles. The standard InChI is InChI=1S/C12H20N2O/c1-4-15-12-8-6-5-7-10(12)11(13)9-14(2)3/h5-8,11H,4,9,13H2,1-3H3. The van der Waals surface area contributed by atoms with Gasteiger partial charge in [0.25, 0.3) is 0 Å². The van der Waals surface area contributed by atoms with Gasteiger partial charge in [-0.15, -0.1) is 0 Å². The summed E-state index contributed by atoms with van der Waals surface area (Å²) in [7, 11) is 4.03. The first-order valence-corrected chi connectivity index (χ1v) is 5.27. The highest BCUT2D eigenvalue weighted by Gasteiger charge is 2.11. The minimum absolute atomic E-state index is 0.00255. The second-order valence-electron chi connectivity index (χ2n) is 3.84. The smallest absolute Gasteiger partial charge is 0.124 e. The molecule has 84 valence electrons. The Morgan fingerprint density at radius 1 is 1.33 bits per heavy atom. The van der Waals surface area contributed by atoms with Crippen molar-refractivity contribution in [2.75, 3.05) is 27.2 Å². The summed E-state index contributed by atoms with van der Waals surface area (Å²) in [5.41, 5.74) is 7.18. The van der Waals surface area contributed by atoms with Crippen LogP contribution >= 0.6 is 0 Å². The highest BCUT2D eigenvalue weighted by atomic mass is 16.5. The molecule has 1 aromatic carbocycles. The van der Waals surface area contributed by atoms with E-state index >= 15 is 0 Å². The molecule has 0 amide bonds. The van der Waals surface area contributed by atoms with Gasteiger partial charge >= 0.3 is 0 Å². The molecular formula is C12H20N2O. The molecule has 1 aromatic rings. The Morgan fingerprint density at radius 2 is 2.00 bits per heavy atom. The van der Waals surface area contributed by atoms with Crippen molar-refractivity contribution >= 4 is 0 Å². The average Bonchev–Trinajstić information content (AvgIpc) is 2.18. The first kappa shape index (κ1) is 12.0. The zero-order valence-electron chi connectivity index (χ0n) is 9.73. The van der Waals surface area contributed by atoms with Crippen LogP contribution in [-0.4, -0.2) is 32.1 Å². The molecule has 15 heavy (non-hydrogen) atoms. The van der Waals surface area contributed by atoms with Crippen LogP contribution in [0.25, 0.3) is 0 Å². The van der Waals surface area contributed by atoms with Gasteiger partial charge < -0.3 is 15.4 Å². The monoisotopic (exact) mass is 208 g/mol. The van der Waals surface area contributed by atoms with Crippen molar-refractivity contribution in [1.29, 1.82) is 0 Å². The van der Waals surface area contributed by atoms with Gasteiger partial charge in [0.05, 0.1) is 6.61 Å². The molecule has 0 bridgehead atoms. The summed E-state index contributed by atoms with van der Waals surface area (Å²) >= 11 is 0. The molecule has 0 aliphatic carbocycles. The highest BCUT2D eigenvalue weighted by Crippen LogP contribution is 2.23. The molecule has 0 aliphatic rings. The van der Waals surface area contributed by atoms with E-state index in [1.807, 2.05) is 45.3 Å². The van der Waals surface area contributed by atoms with Crippen molar-refractivity contribution in [3.05, 3.63) is 29.8 Å². The zero-order chi connectivity index (χ0) is 11.3. The first-order chi connectivity index (χ1) is 7.15. The number of hydrogen-bond acceptors (Lipinski definition) is 3. The molecule has 1 atom stereocenters. The van der Waals surface area contributed by atoms with Gasteiger partial charge in [-0.2, -0.15) is 0 Å². The second kappa shape index (κ2) is 5.73. The molecule has 0 aliphatic heterocycles. The molecule has 0 spiro atoms. The van der Waals surface area contributed by atoms with Crippen molar-refractivity contribution in [3.63, 3.8) is 0 Å². The number of rotatable bonds is 5. The molecule has 1 unspecified atom stereocenters.